The number of carbonyl (C=O) groups is 1. The lowest BCUT2D eigenvalue weighted by Crippen LogP contribution is -2.39. The zero-order valence-electron chi connectivity index (χ0n) is 14.2. The van der Waals surface area contributed by atoms with E-state index < -0.39 is 6.67 Å². The van der Waals surface area contributed by atoms with Crippen LogP contribution in [0.3, 0.4) is 0 Å². The van der Waals surface area contributed by atoms with E-state index in [0.717, 1.165) is 32.2 Å². The van der Waals surface area contributed by atoms with Crippen molar-refractivity contribution in [2.75, 3.05) is 13.2 Å². The van der Waals surface area contributed by atoms with E-state index in [2.05, 4.69) is 5.32 Å². The van der Waals surface area contributed by atoms with E-state index in [1.165, 1.54) is 19.3 Å². The van der Waals surface area contributed by atoms with Gasteiger partial charge in [0.2, 0.25) is 0 Å². The van der Waals surface area contributed by atoms with Crippen LogP contribution in [0.25, 0.3) is 0 Å². The Bertz CT molecular complexity index is 564. The second-order valence-electron chi connectivity index (χ2n) is 7.04. The van der Waals surface area contributed by atoms with E-state index in [9.17, 15) is 9.18 Å². The SMILES string of the molecule is [B]c1cc(C(=O)NC2CCOCC2)c(CF)n1CC1CCCCC1. The number of nitrogens with one attached hydrogen (secondary N) is 1. The number of carbonyl (C=O) groups excluding carboxylic acids is 1. The van der Waals surface area contributed by atoms with Crippen molar-refractivity contribution in [3.8, 4) is 0 Å². The lowest BCUT2D eigenvalue weighted by Gasteiger charge is -2.24. The Kier molecular flexibility index (Phi) is 5.98. The van der Waals surface area contributed by atoms with E-state index in [-0.39, 0.29) is 11.9 Å². The van der Waals surface area contributed by atoms with Gasteiger partial charge in [0.1, 0.15) is 14.5 Å². The molecule has 2 fully saturated rings. The van der Waals surface area contributed by atoms with Gasteiger partial charge in [-0.15, -0.1) is 0 Å². The van der Waals surface area contributed by atoms with E-state index in [1.807, 2.05) is 4.57 Å². The third-order valence-electron chi connectivity index (χ3n) is 5.33. The Morgan fingerprint density at radius 3 is 2.62 bits per heavy atom. The molecule has 0 aromatic carbocycles. The Morgan fingerprint density at radius 2 is 1.96 bits per heavy atom. The molecule has 6 heteroatoms. The molecule has 0 atom stereocenters. The van der Waals surface area contributed by atoms with Crippen LogP contribution >= 0.6 is 0 Å². The first-order valence-corrected chi connectivity index (χ1v) is 9.11. The van der Waals surface area contributed by atoms with Gasteiger partial charge in [0, 0.05) is 25.8 Å². The zero-order chi connectivity index (χ0) is 16.9. The highest BCUT2D eigenvalue weighted by molar-refractivity contribution is 6.31. The highest BCUT2D eigenvalue weighted by atomic mass is 19.1. The van der Waals surface area contributed by atoms with Gasteiger partial charge in [-0.3, -0.25) is 4.79 Å². The maximum Gasteiger partial charge on any atom is 0.253 e. The topological polar surface area (TPSA) is 43.3 Å². The molecule has 2 aliphatic rings. The molecule has 1 amide bonds. The number of hydrogen-bond donors (Lipinski definition) is 1. The molecule has 1 saturated heterocycles. The molecule has 1 aliphatic heterocycles. The minimum absolute atomic E-state index is 0.0987. The van der Waals surface area contributed by atoms with Crippen LogP contribution in [0.15, 0.2) is 6.07 Å². The lowest BCUT2D eigenvalue weighted by atomic mass is 9.89. The van der Waals surface area contributed by atoms with Gasteiger partial charge in [-0.1, -0.05) is 19.3 Å². The standard InChI is InChI=1S/C18H26BFN2O2/c19-17-10-15(18(23)21-14-6-8-24-9-7-14)16(11-20)22(17)12-13-4-2-1-3-5-13/h10,13-14H,1-9,11-12H2,(H,21,23). The maximum absolute atomic E-state index is 13.7. The van der Waals surface area contributed by atoms with Crippen LogP contribution in [-0.2, 0) is 18.0 Å². The van der Waals surface area contributed by atoms with Crippen molar-refractivity contribution >= 4 is 19.3 Å². The van der Waals surface area contributed by atoms with Crippen molar-refractivity contribution in [3.05, 3.63) is 17.3 Å². The summed E-state index contributed by atoms with van der Waals surface area (Å²) < 4.78 is 20.8. The zero-order valence-corrected chi connectivity index (χ0v) is 14.2. The van der Waals surface area contributed by atoms with Crippen molar-refractivity contribution in [1.82, 2.24) is 9.88 Å². The predicted molar refractivity (Wildman–Crippen MR) is 92.5 cm³/mol. The fourth-order valence-electron chi connectivity index (χ4n) is 3.90. The number of amides is 1. The van der Waals surface area contributed by atoms with Crippen molar-refractivity contribution in [1.29, 1.82) is 0 Å². The second kappa shape index (κ2) is 8.19. The summed E-state index contributed by atoms with van der Waals surface area (Å²) in [5, 5.41) is 3.00. The molecule has 1 aromatic rings. The Balaban J connectivity index is 1.72. The van der Waals surface area contributed by atoms with Gasteiger partial charge in [0.25, 0.3) is 5.91 Å². The predicted octanol–water partition coefficient (Wildman–Crippen LogP) is 2.24. The molecule has 2 radical (unpaired) electrons. The van der Waals surface area contributed by atoms with Gasteiger partial charge < -0.3 is 14.6 Å². The molecule has 24 heavy (non-hydrogen) atoms. The van der Waals surface area contributed by atoms with Gasteiger partial charge >= 0.3 is 0 Å². The second-order valence-corrected chi connectivity index (χ2v) is 7.04. The first-order chi connectivity index (χ1) is 11.7. The first kappa shape index (κ1) is 17.5. The number of ether oxygens (including phenoxy) is 1. The minimum Gasteiger partial charge on any atom is -0.381 e. The van der Waals surface area contributed by atoms with Gasteiger partial charge in [0.15, 0.2) is 0 Å². The average Bonchev–Trinajstić information content (AvgIpc) is 2.93. The fourth-order valence-corrected chi connectivity index (χ4v) is 3.90. The van der Waals surface area contributed by atoms with Crippen LogP contribution in [0, 0.1) is 5.92 Å². The summed E-state index contributed by atoms with van der Waals surface area (Å²) in [6, 6.07) is 1.73. The molecule has 1 aliphatic carbocycles. The molecule has 0 unspecified atom stereocenters. The number of halogens is 1. The molecule has 1 aromatic heterocycles. The van der Waals surface area contributed by atoms with Crippen LogP contribution in [-0.4, -0.2) is 37.6 Å². The molecular formula is C18H26BFN2O2. The van der Waals surface area contributed by atoms with Crippen molar-refractivity contribution < 1.29 is 13.9 Å². The fraction of sp³-hybridized carbons (Fsp3) is 0.722. The summed E-state index contributed by atoms with van der Waals surface area (Å²) in [5.74, 6) is 0.314. The van der Waals surface area contributed by atoms with E-state index in [1.54, 1.807) is 6.07 Å². The van der Waals surface area contributed by atoms with Crippen LogP contribution in [0.5, 0.6) is 0 Å². The largest absolute Gasteiger partial charge is 0.381 e. The first-order valence-electron chi connectivity index (χ1n) is 9.11. The van der Waals surface area contributed by atoms with Crippen LogP contribution in [0.4, 0.5) is 4.39 Å². The third kappa shape index (κ3) is 4.02. The normalized spacial score (nSPS) is 20.2. The van der Waals surface area contributed by atoms with Gasteiger partial charge in [0.05, 0.1) is 11.3 Å². The molecule has 1 saturated carbocycles. The van der Waals surface area contributed by atoms with Gasteiger partial charge in [-0.05, 0) is 43.3 Å². The smallest absolute Gasteiger partial charge is 0.253 e. The number of rotatable bonds is 5. The highest BCUT2D eigenvalue weighted by Gasteiger charge is 2.24. The number of alkyl halides is 1. The molecular weight excluding hydrogens is 306 g/mol. The van der Waals surface area contributed by atoms with E-state index in [0.29, 0.717) is 36.0 Å². The third-order valence-corrected chi connectivity index (χ3v) is 5.33. The van der Waals surface area contributed by atoms with Crippen molar-refractivity contribution in [3.63, 3.8) is 0 Å². The summed E-state index contributed by atoms with van der Waals surface area (Å²) in [5.41, 5.74) is 1.30. The quantitative estimate of drug-likeness (QED) is 0.841. The summed E-state index contributed by atoms with van der Waals surface area (Å²) in [6.45, 7) is 1.37. The minimum atomic E-state index is -0.666. The summed E-state index contributed by atoms with van der Waals surface area (Å²) in [4.78, 5) is 12.6. The Hall–Kier alpha value is -1.30. The van der Waals surface area contributed by atoms with Crippen LogP contribution in [0.1, 0.15) is 61.0 Å². The molecule has 3 rings (SSSR count). The summed E-state index contributed by atoms with van der Waals surface area (Å²) >= 11 is 0. The van der Waals surface area contributed by atoms with Crippen molar-refractivity contribution in [2.24, 2.45) is 5.92 Å². The van der Waals surface area contributed by atoms with E-state index in [4.69, 9.17) is 12.6 Å². The van der Waals surface area contributed by atoms with E-state index >= 15 is 0 Å². The molecule has 1 N–H and O–H groups in total. The van der Waals surface area contributed by atoms with Crippen molar-refractivity contribution in [2.45, 2.75) is 64.2 Å². The van der Waals surface area contributed by atoms with Crippen LogP contribution in [0.2, 0.25) is 0 Å². The van der Waals surface area contributed by atoms with Gasteiger partial charge in [-0.25, -0.2) is 4.39 Å². The highest BCUT2D eigenvalue weighted by Crippen LogP contribution is 2.26. The molecule has 130 valence electrons. The summed E-state index contributed by atoms with van der Waals surface area (Å²) in [7, 11) is 6.10. The molecule has 2 heterocycles. The number of aromatic nitrogens is 1. The monoisotopic (exact) mass is 332 g/mol. The van der Waals surface area contributed by atoms with Gasteiger partial charge in [-0.2, -0.15) is 0 Å². The Labute approximate surface area is 144 Å². The molecule has 0 bridgehead atoms. The molecule has 4 nitrogen and oxygen atoms in total. The number of nitrogens with zero attached hydrogens (tertiary/aromatic N) is 1. The average molecular weight is 332 g/mol. The Morgan fingerprint density at radius 1 is 1.25 bits per heavy atom. The lowest BCUT2D eigenvalue weighted by molar-refractivity contribution is 0.0695. The maximum atomic E-state index is 13.7. The summed E-state index contributed by atoms with van der Waals surface area (Å²) in [6.07, 6.45) is 7.66. The molecule has 0 spiro atoms. The van der Waals surface area contributed by atoms with Crippen LogP contribution < -0.4 is 10.9 Å². The number of hydrogen-bond acceptors (Lipinski definition) is 2.